The van der Waals surface area contributed by atoms with Crippen molar-refractivity contribution in [1.29, 1.82) is 0 Å². The van der Waals surface area contributed by atoms with Gasteiger partial charge < -0.3 is 15.0 Å². The Morgan fingerprint density at radius 3 is 2.19 bits per heavy atom. The number of carbonyl (C=O) groups is 2. The van der Waals surface area contributed by atoms with Crippen LogP contribution in [-0.4, -0.2) is 35.9 Å². The average Bonchev–Trinajstić information content (AvgIpc) is 2.86. The predicted molar refractivity (Wildman–Crippen MR) is 145 cm³/mol. The summed E-state index contributed by atoms with van der Waals surface area (Å²) in [7, 11) is 0. The van der Waals surface area contributed by atoms with Crippen LogP contribution in [0.15, 0.2) is 78.9 Å². The molecular formula is C30H35ClN2O3. The van der Waals surface area contributed by atoms with Crippen LogP contribution in [0.5, 0.6) is 5.75 Å². The Bertz CT molecular complexity index is 1140. The highest BCUT2D eigenvalue weighted by Gasteiger charge is 2.31. The fraction of sp³-hybridized carbons (Fsp3) is 0.333. The molecule has 0 fully saturated rings. The molecule has 1 unspecified atom stereocenters. The van der Waals surface area contributed by atoms with Crippen molar-refractivity contribution in [3.8, 4) is 5.75 Å². The van der Waals surface area contributed by atoms with E-state index in [4.69, 9.17) is 16.3 Å². The van der Waals surface area contributed by atoms with E-state index in [1.54, 1.807) is 17.0 Å². The van der Waals surface area contributed by atoms with Crippen molar-refractivity contribution in [3.63, 3.8) is 0 Å². The highest BCUT2D eigenvalue weighted by Crippen LogP contribution is 2.31. The van der Waals surface area contributed by atoms with Gasteiger partial charge in [0.05, 0.1) is 0 Å². The smallest absolute Gasteiger partial charge is 0.261 e. The van der Waals surface area contributed by atoms with Gasteiger partial charge in [-0.15, -0.1) is 0 Å². The number of hydrogen-bond donors (Lipinski definition) is 1. The van der Waals surface area contributed by atoms with E-state index in [1.165, 1.54) is 0 Å². The number of amides is 2. The number of carbonyl (C=O) groups excluding carboxylic acids is 2. The molecular weight excluding hydrogens is 472 g/mol. The minimum Gasteiger partial charge on any atom is -0.483 e. The van der Waals surface area contributed by atoms with Gasteiger partial charge in [-0.05, 0) is 47.2 Å². The number of ether oxygens (including phenoxy) is 1. The number of nitrogens with zero attached hydrogens (tertiary/aromatic N) is 1. The lowest BCUT2D eigenvalue weighted by Crippen LogP contribution is -2.51. The number of likely N-dealkylation sites (N-methyl/N-ethyl adjacent to an activating group) is 1. The molecule has 190 valence electrons. The summed E-state index contributed by atoms with van der Waals surface area (Å²) in [6, 6.07) is 24.1. The molecule has 2 amide bonds. The van der Waals surface area contributed by atoms with Crippen molar-refractivity contribution in [1.82, 2.24) is 10.2 Å². The Balaban J connectivity index is 1.91. The first-order valence-electron chi connectivity index (χ1n) is 12.3. The molecule has 0 aliphatic rings. The van der Waals surface area contributed by atoms with Crippen molar-refractivity contribution < 1.29 is 14.3 Å². The molecule has 1 atom stereocenters. The average molecular weight is 507 g/mol. The Morgan fingerprint density at radius 2 is 1.56 bits per heavy atom. The number of hydrogen-bond acceptors (Lipinski definition) is 3. The van der Waals surface area contributed by atoms with Gasteiger partial charge in [0.15, 0.2) is 6.61 Å². The second kappa shape index (κ2) is 12.6. The van der Waals surface area contributed by atoms with E-state index in [2.05, 4.69) is 26.1 Å². The third kappa shape index (κ3) is 7.59. The molecule has 36 heavy (non-hydrogen) atoms. The van der Waals surface area contributed by atoms with E-state index in [0.29, 0.717) is 23.7 Å². The fourth-order valence-corrected chi connectivity index (χ4v) is 4.19. The molecule has 6 heteroatoms. The fourth-order valence-electron chi connectivity index (χ4n) is 4.07. The van der Waals surface area contributed by atoms with Gasteiger partial charge >= 0.3 is 0 Å². The maximum atomic E-state index is 13.7. The summed E-state index contributed by atoms with van der Waals surface area (Å²) in [6.45, 7) is 8.75. The zero-order valence-corrected chi connectivity index (χ0v) is 22.2. The maximum Gasteiger partial charge on any atom is 0.261 e. The maximum absolute atomic E-state index is 13.7. The molecule has 0 heterocycles. The first-order chi connectivity index (χ1) is 17.2. The van der Waals surface area contributed by atoms with Crippen LogP contribution < -0.4 is 10.1 Å². The molecule has 0 aliphatic carbocycles. The minimum atomic E-state index is -0.697. The number of nitrogens with one attached hydrogen (secondary N) is 1. The summed E-state index contributed by atoms with van der Waals surface area (Å²) >= 11 is 6.08. The molecule has 0 spiro atoms. The van der Waals surface area contributed by atoms with Crippen molar-refractivity contribution in [2.75, 3.05) is 13.2 Å². The van der Waals surface area contributed by atoms with Gasteiger partial charge in [0.25, 0.3) is 5.91 Å². The molecule has 0 saturated heterocycles. The molecule has 1 N–H and O–H groups in total. The van der Waals surface area contributed by atoms with E-state index < -0.39 is 6.04 Å². The van der Waals surface area contributed by atoms with Gasteiger partial charge in [0.1, 0.15) is 11.8 Å². The molecule has 3 rings (SSSR count). The highest BCUT2D eigenvalue weighted by molar-refractivity contribution is 6.30. The van der Waals surface area contributed by atoms with Crippen molar-refractivity contribution in [2.24, 2.45) is 0 Å². The number of halogens is 1. The minimum absolute atomic E-state index is 0.139. The van der Waals surface area contributed by atoms with Crippen LogP contribution in [-0.2, 0) is 28.0 Å². The topological polar surface area (TPSA) is 58.6 Å². The predicted octanol–water partition coefficient (Wildman–Crippen LogP) is 5.79. The highest BCUT2D eigenvalue weighted by atomic mass is 35.5. The molecule has 5 nitrogen and oxygen atoms in total. The summed E-state index contributed by atoms with van der Waals surface area (Å²) in [5.41, 5.74) is 2.73. The Labute approximate surface area is 219 Å². The van der Waals surface area contributed by atoms with Crippen LogP contribution >= 0.6 is 11.6 Å². The van der Waals surface area contributed by atoms with Crippen LogP contribution in [0, 0.1) is 0 Å². The normalized spacial score (nSPS) is 12.0. The molecule has 3 aromatic carbocycles. The van der Waals surface area contributed by atoms with Gasteiger partial charge in [0.2, 0.25) is 5.91 Å². The van der Waals surface area contributed by atoms with E-state index in [-0.39, 0.29) is 30.4 Å². The summed E-state index contributed by atoms with van der Waals surface area (Å²) < 4.78 is 6.06. The molecule has 0 radical (unpaired) electrons. The molecule has 0 aromatic heterocycles. The van der Waals surface area contributed by atoms with Crippen LogP contribution in [0.2, 0.25) is 5.02 Å². The Kier molecular flexibility index (Phi) is 9.54. The van der Waals surface area contributed by atoms with E-state index in [0.717, 1.165) is 16.7 Å². The Morgan fingerprint density at radius 1 is 0.917 bits per heavy atom. The second-order valence-corrected chi connectivity index (χ2v) is 10.2. The standard InChI is InChI=1S/C30H35ClN2O3/c1-5-32-29(35)26(19-22-11-7-6-8-12-22)33(20-23-15-17-24(31)18-16-23)28(34)21-36-27-14-10-9-13-25(27)30(2,3)4/h6-18,26H,5,19-21H2,1-4H3,(H,32,35). The number of para-hydroxylation sites is 1. The third-order valence-electron chi connectivity index (χ3n) is 5.93. The summed E-state index contributed by atoms with van der Waals surface area (Å²) in [4.78, 5) is 28.5. The van der Waals surface area contributed by atoms with Gasteiger partial charge in [-0.3, -0.25) is 9.59 Å². The lowest BCUT2D eigenvalue weighted by atomic mass is 9.86. The van der Waals surface area contributed by atoms with E-state index in [9.17, 15) is 9.59 Å². The van der Waals surface area contributed by atoms with Crippen LogP contribution in [0.3, 0.4) is 0 Å². The number of benzene rings is 3. The van der Waals surface area contributed by atoms with Gasteiger partial charge in [-0.25, -0.2) is 0 Å². The summed E-state index contributed by atoms with van der Waals surface area (Å²) in [5.74, 6) is 0.210. The lowest BCUT2D eigenvalue weighted by molar-refractivity contribution is -0.142. The first kappa shape index (κ1) is 27.3. The first-order valence-corrected chi connectivity index (χ1v) is 12.6. The number of rotatable bonds is 10. The molecule has 0 aliphatic heterocycles. The largest absolute Gasteiger partial charge is 0.483 e. The molecule has 3 aromatic rings. The van der Waals surface area contributed by atoms with Gasteiger partial charge in [-0.1, -0.05) is 93.0 Å². The SMILES string of the molecule is CCNC(=O)C(Cc1ccccc1)N(Cc1ccc(Cl)cc1)C(=O)COc1ccccc1C(C)(C)C. The summed E-state index contributed by atoms with van der Waals surface area (Å²) in [6.07, 6.45) is 0.393. The zero-order valence-electron chi connectivity index (χ0n) is 21.5. The third-order valence-corrected chi connectivity index (χ3v) is 6.19. The molecule has 0 saturated carbocycles. The van der Waals surface area contributed by atoms with Gasteiger partial charge in [-0.2, -0.15) is 0 Å². The lowest BCUT2D eigenvalue weighted by Gasteiger charge is -2.31. The zero-order chi connectivity index (χ0) is 26.1. The van der Waals surface area contributed by atoms with Crippen molar-refractivity contribution in [2.45, 2.75) is 52.1 Å². The van der Waals surface area contributed by atoms with Crippen LogP contribution in [0.4, 0.5) is 0 Å². The van der Waals surface area contributed by atoms with Crippen molar-refractivity contribution >= 4 is 23.4 Å². The van der Waals surface area contributed by atoms with Crippen LogP contribution in [0.1, 0.15) is 44.4 Å². The monoisotopic (exact) mass is 506 g/mol. The van der Waals surface area contributed by atoms with E-state index in [1.807, 2.05) is 73.7 Å². The molecule has 0 bridgehead atoms. The van der Waals surface area contributed by atoms with Crippen LogP contribution in [0.25, 0.3) is 0 Å². The summed E-state index contributed by atoms with van der Waals surface area (Å²) in [5, 5.41) is 3.52. The quantitative estimate of drug-likeness (QED) is 0.378. The van der Waals surface area contributed by atoms with E-state index >= 15 is 0 Å². The van der Waals surface area contributed by atoms with Gasteiger partial charge in [0, 0.05) is 24.5 Å². The van der Waals surface area contributed by atoms with Crippen molar-refractivity contribution in [3.05, 3.63) is 101 Å². The second-order valence-electron chi connectivity index (χ2n) is 9.78. The Hall–Kier alpha value is -3.31.